The maximum atomic E-state index is 12.9. The highest BCUT2D eigenvalue weighted by molar-refractivity contribution is 5.84. The Labute approximate surface area is 127 Å². The summed E-state index contributed by atoms with van der Waals surface area (Å²) in [6.45, 7) is 7.13. The predicted octanol–water partition coefficient (Wildman–Crippen LogP) is 3.01. The van der Waals surface area contributed by atoms with Gasteiger partial charge >= 0.3 is 0 Å². The van der Waals surface area contributed by atoms with Crippen LogP contribution in [0, 0.1) is 0 Å². The number of carbonyl (C=O) groups is 1. The molecule has 1 aliphatic carbocycles. The third-order valence-corrected chi connectivity index (χ3v) is 5.18. The lowest BCUT2D eigenvalue weighted by molar-refractivity contribution is -0.134. The lowest BCUT2D eigenvalue weighted by Crippen LogP contribution is -2.43. The summed E-state index contributed by atoms with van der Waals surface area (Å²) in [6, 6.07) is 9.09. The van der Waals surface area contributed by atoms with Crippen LogP contribution in [0.3, 0.4) is 0 Å². The van der Waals surface area contributed by atoms with Gasteiger partial charge in [-0.25, -0.2) is 0 Å². The number of likely N-dealkylation sites (tertiary alicyclic amines) is 1. The lowest BCUT2D eigenvalue weighted by atomic mass is 9.87. The van der Waals surface area contributed by atoms with Crippen molar-refractivity contribution in [1.29, 1.82) is 0 Å². The summed E-state index contributed by atoms with van der Waals surface area (Å²) < 4.78 is 0. The molecule has 1 heterocycles. The first-order valence-electron chi connectivity index (χ1n) is 8.38. The predicted molar refractivity (Wildman–Crippen MR) is 85.2 cm³/mol. The number of carbonyl (C=O) groups excluding carboxylic acids is 1. The zero-order valence-corrected chi connectivity index (χ0v) is 13.2. The van der Waals surface area contributed by atoms with Crippen molar-refractivity contribution in [1.82, 2.24) is 9.80 Å². The fourth-order valence-electron chi connectivity index (χ4n) is 4.05. The van der Waals surface area contributed by atoms with Gasteiger partial charge in [-0.1, -0.05) is 38.1 Å². The largest absolute Gasteiger partial charge is 0.334 e. The summed E-state index contributed by atoms with van der Waals surface area (Å²) in [7, 11) is 0. The standard InChI is InChI=1S/C18H26N2O/c1-3-19(4-2)17-12-13-20(18(17)21)16-11-7-9-14-8-5-6-10-15(14)16/h5-6,8,10,16-17H,3-4,7,9,11-13H2,1-2H3/t16-,17+/m1/s1. The van der Waals surface area contributed by atoms with Crippen molar-refractivity contribution >= 4 is 5.91 Å². The maximum Gasteiger partial charge on any atom is 0.240 e. The Bertz CT molecular complexity index is 510. The maximum absolute atomic E-state index is 12.9. The van der Waals surface area contributed by atoms with E-state index < -0.39 is 0 Å². The van der Waals surface area contributed by atoms with Gasteiger partial charge in [-0.3, -0.25) is 9.69 Å². The molecule has 1 aliphatic heterocycles. The average Bonchev–Trinajstić information content (AvgIpc) is 2.90. The van der Waals surface area contributed by atoms with Gasteiger partial charge in [0.1, 0.15) is 0 Å². The van der Waals surface area contributed by atoms with E-state index in [1.807, 2.05) is 0 Å². The van der Waals surface area contributed by atoms with E-state index >= 15 is 0 Å². The zero-order valence-electron chi connectivity index (χ0n) is 13.2. The zero-order chi connectivity index (χ0) is 14.8. The Hall–Kier alpha value is -1.35. The molecule has 1 aromatic rings. The minimum absolute atomic E-state index is 0.106. The van der Waals surface area contributed by atoms with Crippen LogP contribution in [0.4, 0.5) is 0 Å². The Morgan fingerprint density at radius 1 is 1.19 bits per heavy atom. The molecular weight excluding hydrogens is 260 g/mol. The van der Waals surface area contributed by atoms with E-state index in [1.54, 1.807) is 0 Å². The third kappa shape index (κ3) is 2.59. The van der Waals surface area contributed by atoms with Crippen molar-refractivity contribution in [3.63, 3.8) is 0 Å². The minimum Gasteiger partial charge on any atom is -0.334 e. The van der Waals surface area contributed by atoms with Gasteiger partial charge in [0.05, 0.1) is 12.1 Å². The van der Waals surface area contributed by atoms with Gasteiger partial charge < -0.3 is 4.90 Å². The fourth-order valence-corrected chi connectivity index (χ4v) is 4.05. The first-order valence-corrected chi connectivity index (χ1v) is 8.38. The molecule has 0 unspecified atom stereocenters. The number of aryl methyl sites for hydroxylation is 1. The van der Waals surface area contributed by atoms with Crippen molar-refractivity contribution in [2.45, 2.75) is 51.6 Å². The van der Waals surface area contributed by atoms with E-state index in [9.17, 15) is 4.79 Å². The Balaban J connectivity index is 1.82. The second kappa shape index (κ2) is 6.18. The molecule has 3 nitrogen and oxygen atoms in total. The molecule has 0 spiro atoms. The molecule has 2 atom stereocenters. The highest BCUT2D eigenvalue weighted by Gasteiger charge is 2.39. The summed E-state index contributed by atoms with van der Waals surface area (Å²) in [5, 5.41) is 0. The van der Waals surface area contributed by atoms with Crippen LogP contribution >= 0.6 is 0 Å². The number of hydrogen-bond acceptors (Lipinski definition) is 2. The van der Waals surface area contributed by atoms with Gasteiger partial charge in [0, 0.05) is 6.54 Å². The van der Waals surface area contributed by atoms with Crippen LogP contribution in [0.15, 0.2) is 24.3 Å². The smallest absolute Gasteiger partial charge is 0.240 e. The van der Waals surface area contributed by atoms with Crippen molar-refractivity contribution in [3.8, 4) is 0 Å². The van der Waals surface area contributed by atoms with E-state index in [0.717, 1.165) is 38.9 Å². The van der Waals surface area contributed by atoms with Crippen LogP contribution in [0.2, 0.25) is 0 Å². The summed E-state index contributed by atoms with van der Waals surface area (Å²) >= 11 is 0. The van der Waals surface area contributed by atoms with Crippen molar-refractivity contribution in [2.75, 3.05) is 19.6 Å². The quantitative estimate of drug-likeness (QED) is 0.849. The summed E-state index contributed by atoms with van der Waals surface area (Å²) in [4.78, 5) is 17.3. The summed E-state index contributed by atoms with van der Waals surface area (Å²) in [6.07, 6.45) is 4.46. The molecule has 21 heavy (non-hydrogen) atoms. The Morgan fingerprint density at radius 3 is 2.71 bits per heavy atom. The third-order valence-electron chi connectivity index (χ3n) is 5.18. The van der Waals surface area contributed by atoms with Crippen molar-refractivity contribution < 1.29 is 4.79 Å². The number of hydrogen-bond donors (Lipinski definition) is 0. The minimum atomic E-state index is 0.106. The molecule has 3 rings (SSSR count). The number of amides is 1. The summed E-state index contributed by atoms with van der Waals surface area (Å²) in [5.41, 5.74) is 2.82. The first-order chi connectivity index (χ1) is 10.3. The van der Waals surface area contributed by atoms with Gasteiger partial charge in [0.2, 0.25) is 5.91 Å². The molecule has 3 heteroatoms. The molecule has 0 aromatic heterocycles. The van der Waals surface area contributed by atoms with Crippen LogP contribution in [-0.2, 0) is 11.2 Å². The number of nitrogens with zero attached hydrogens (tertiary/aromatic N) is 2. The second-order valence-electron chi connectivity index (χ2n) is 6.16. The SMILES string of the molecule is CCN(CC)[C@H]1CCN([C@@H]2CCCc3ccccc32)C1=O. The molecule has 1 fully saturated rings. The highest BCUT2D eigenvalue weighted by atomic mass is 16.2. The van der Waals surface area contributed by atoms with E-state index in [4.69, 9.17) is 0 Å². The van der Waals surface area contributed by atoms with Crippen molar-refractivity contribution in [3.05, 3.63) is 35.4 Å². The van der Waals surface area contributed by atoms with Crippen LogP contribution < -0.4 is 0 Å². The Morgan fingerprint density at radius 2 is 1.95 bits per heavy atom. The van der Waals surface area contributed by atoms with Crippen molar-refractivity contribution in [2.24, 2.45) is 0 Å². The molecule has 0 saturated carbocycles. The van der Waals surface area contributed by atoms with Crippen LogP contribution in [0.25, 0.3) is 0 Å². The topological polar surface area (TPSA) is 23.6 Å². The molecule has 1 aromatic carbocycles. The highest BCUT2D eigenvalue weighted by Crippen LogP contribution is 2.37. The van der Waals surface area contributed by atoms with E-state index in [1.165, 1.54) is 17.5 Å². The first kappa shape index (κ1) is 14.6. The lowest BCUT2D eigenvalue weighted by Gasteiger charge is -2.34. The number of fused-ring (bicyclic) bond motifs is 1. The van der Waals surface area contributed by atoms with Gasteiger partial charge in [-0.2, -0.15) is 0 Å². The van der Waals surface area contributed by atoms with E-state index in [-0.39, 0.29) is 6.04 Å². The number of likely N-dealkylation sites (N-methyl/N-ethyl adjacent to an activating group) is 1. The molecule has 2 aliphatic rings. The van der Waals surface area contributed by atoms with Crippen LogP contribution in [-0.4, -0.2) is 41.4 Å². The fraction of sp³-hybridized carbons (Fsp3) is 0.611. The van der Waals surface area contributed by atoms with Crippen LogP contribution in [0.1, 0.15) is 50.3 Å². The normalized spacial score (nSPS) is 25.5. The van der Waals surface area contributed by atoms with Gasteiger partial charge in [-0.15, -0.1) is 0 Å². The molecule has 0 radical (unpaired) electrons. The second-order valence-corrected chi connectivity index (χ2v) is 6.16. The molecule has 1 amide bonds. The number of benzene rings is 1. The van der Waals surface area contributed by atoms with Gasteiger partial charge in [-0.05, 0) is 49.9 Å². The molecule has 114 valence electrons. The van der Waals surface area contributed by atoms with Gasteiger partial charge in [0.15, 0.2) is 0 Å². The summed E-state index contributed by atoms with van der Waals surface area (Å²) in [5.74, 6) is 0.348. The molecular formula is C18H26N2O. The number of rotatable bonds is 4. The monoisotopic (exact) mass is 286 g/mol. The van der Waals surface area contributed by atoms with Gasteiger partial charge in [0.25, 0.3) is 0 Å². The van der Waals surface area contributed by atoms with E-state index in [0.29, 0.717) is 11.9 Å². The Kier molecular flexibility index (Phi) is 4.29. The van der Waals surface area contributed by atoms with Crippen LogP contribution in [0.5, 0.6) is 0 Å². The molecule has 0 bridgehead atoms. The molecule has 1 saturated heterocycles. The van der Waals surface area contributed by atoms with E-state index in [2.05, 4.69) is 47.9 Å². The molecule has 0 N–H and O–H groups in total. The average molecular weight is 286 g/mol.